The second-order valence-corrected chi connectivity index (χ2v) is 9.68. The molecule has 0 atom stereocenters. The molecule has 0 saturated carbocycles. The predicted octanol–water partition coefficient (Wildman–Crippen LogP) is 8.41. The van der Waals surface area contributed by atoms with Gasteiger partial charge in [-0.2, -0.15) is 0 Å². The molecule has 0 aliphatic rings. The summed E-state index contributed by atoms with van der Waals surface area (Å²) in [5.41, 5.74) is 13.4. The van der Waals surface area contributed by atoms with Crippen LogP contribution in [-0.2, 0) is 0 Å². The first-order chi connectivity index (χ1) is 17.5. The van der Waals surface area contributed by atoms with Crippen molar-refractivity contribution in [3.05, 3.63) is 114 Å². The predicted molar refractivity (Wildman–Crippen MR) is 150 cm³/mol. The van der Waals surface area contributed by atoms with E-state index < -0.39 is 0 Å². The molecule has 0 aliphatic carbocycles. The van der Waals surface area contributed by atoms with Gasteiger partial charge in [-0.3, -0.25) is 15.0 Å². The first-order valence-corrected chi connectivity index (χ1v) is 12.3. The molecule has 0 spiro atoms. The molecule has 0 saturated heterocycles. The molecule has 3 aromatic heterocycles. The van der Waals surface area contributed by atoms with Crippen LogP contribution in [0.2, 0.25) is 0 Å². The van der Waals surface area contributed by atoms with Gasteiger partial charge in [0.15, 0.2) is 0 Å². The molecule has 3 heteroatoms. The fraction of sp³-hybridized carbons (Fsp3) is 0.121. The van der Waals surface area contributed by atoms with Crippen LogP contribution in [0, 0.1) is 27.7 Å². The molecule has 0 amide bonds. The molecule has 0 N–H and O–H groups in total. The van der Waals surface area contributed by atoms with Gasteiger partial charge in [-0.25, -0.2) is 0 Å². The van der Waals surface area contributed by atoms with E-state index in [0.29, 0.717) is 0 Å². The summed E-state index contributed by atoms with van der Waals surface area (Å²) in [7, 11) is 0. The second kappa shape index (κ2) is 8.69. The third-order valence-electron chi connectivity index (χ3n) is 6.81. The Kier molecular flexibility index (Phi) is 5.34. The lowest BCUT2D eigenvalue weighted by molar-refractivity contribution is 1.25. The summed E-state index contributed by atoms with van der Waals surface area (Å²) in [6, 6.07) is 28.1. The Morgan fingerprint density at radius 2 is 1.42 bits per heavy atom. The van der Waals surface area contributed by atoms with Gasteiger partial charge in [-0.15, -0.1) is 0 Å². The fourth-order valence-electron chi connectivity index (χ4n) is 5.03. The maximum atomic E-state index is 5.00. The van der Waals surface area contributed by atoms with Crippen LogP contribution in [0.4, 0.5) is 0 Å². The van der Waals surface area contributed by atoms with Crippen LogP contribution in [0.15, 0.2) is 91.3 Å². The van der Waals surface area contributed by atoms with Crippen molar-refractivity contribution < 1.29 is 0 Å². The van der Waals surface area contributed by atoms with Crippen LogP contribution in [0.25, 0.3) is 55.3 Å². The minimum absolute atomic E-state index is 0.980. The molecule has 0 radical (unpaired) electrons. The van der Waals surface area contributed by atoms with E-state index in [2.05, 4.69) is 99.4 Å². The number of hydrogen-bond acceptors (Lipinski definition) is 3. The largest absolute Gasteiger partial charge is 0.256 e. The number of nitrogens with zero attached hydrogens (tertiary/aromatic N) is 3. The van der Waals surface area contributed by atoms with E-state index >= 15 is 0 Å². The smallest absolute Gasteiger partial charge is 0.0791 e. The Hall–Kier alpha value is -4.37. The maximum Gasteiger partial charge on any atom is 0.0791 e. The first kappa shape index (κ1) is 22.1. The van der Waals surface area contributed by atoms with Gasteiger partial charge in [0.25, 0.3) is 0 Å². The van der Waals surface area contributed by atoms with Gasteiger partial charge in [0.2, 0.25) is 0 Å². The standard InChI is InChI=1S/C33H27N3/c1-20-13-25(28-17-24(10-8-22(28)3)31-7-5-6-12-34-31)16-26(14-20)29-18-32-30(15-21(2)19-35-32)27-11-9-23(4)36-33(27)29/h5-19H,1-4H3. The van der Waals surface area contributed by atoms with Gasteiger partial charge < -0.3 is 0 Å². The SMILES string of the molecule is Cc1cc(-c2cc(-c3ccccn3)ccc2C)cc(-c2cc3ncc(C)cc3c3ccc(C)nc23)c1. The summed E-state index contributed by atoms with van der Waals surface area (Å²) in [6.45, 7) is 8.47. The third kappa shape index (κ3) is 3.93. The molecular weight excluding hydrogens is 438 g/mol. The quantitative estimate of drug-likeness (QED) is 0.246. The molecule has 3 nitrogen and oxygen atoms in total. The second-order valence-electron chi connectivity index (χ2n) is 9.68. The van der Waals surface area contributed by atoms with Crippen molar-refractivity contribution in [2.75, 3.05) is 0 Å². The zero-order valence-electron chi connectivity index (χ0n) is 21.0. The Balaban J connectivity index is 1.58. The lowest BCUT2D eigenvalue weighted by Gasteiger charge is -2.15. The van der Waals surface area contributed by atoms with Crippen molar-refractivity contribution in [3.63, 3.8) is 0 Å². The topological polar surface area (TPSA) is 38.7 Å². The van der Waals surface area contributed by atoms with Crippen molar-refractivity contribution >= 4 is 21.8 Å². The highest BCUT2D eigenvalue weighted by atomic mass is 14.7. The normalized spacial score (nSPS) is 11.3. The number of aromatic nitrogens is 3. The van der Waals surface area contributed by atoms with E-state index in [0.717, 1.165) is 55.4 Å². The number of aryl methyl sites for hydroxylation is 4. The van der Waals surface area contributed by atoms with E-state index in [4.69, 9.17) is 9.97 Å². The molecule has 174 valence electrons. The van der Waals surface area contributed by atoms with Crippen molar-refractivity contribution in [1.82, 2.24) is 15.0 Å². The van der Waals surface area contributed by atoms with Crippen molar-refractivity contribution in [1.29, 1.82) is 0 Å². The number of rotatable bonds is 3. The van der Waals surface area contributed by atoms with E-state index in [1.54, 1.807) is 0 Å². The summed E-state index contributed by atoms with van der Waals surface area (Å²) < 4.78 is 0. The highest BCUT2D eigenvalue weighted by molar-refractivity contribution is 6.11. The number of pyridine rings is 3. The molecule has 6 aromatic rings. The fourth-order valence-corrected chi connectivity index (χ4v) is 5.03. The zero-order valence-corrected chi connectivity index (χ0v) is 21.0. The monoisotopic (exact) mass is 465 g/mol. The van der Waals surface area contributed by atoms with Crippen LogP contribution in [0.3, 0.4) is 0 Å². The Morgan fingerprint density at radius 3 is 2.22 bits per heavy atom. The Bertz CT molecular complexity index is 1770. The van der Waals surface area contributed by atoms with Gasteiger partial charge in [-0.05, 0) is 104 Å². The Morgan fingerprint density at radius 1 is 0.583 bits per heavy atom. The van der Waals surface area contributed by atoms with E-state index in [9.17, 15) is 0 Å². The molecule has 0 fully saturated rings. The Labute approximate surface area is 211 Å². The molecule has 0 aliphatic heterocycles. The van der Waals surface area contributed by atoms with Crippen molar-refractivity contribution in [2.45, 2.75) is 27.7 Å². The minimum Gasteiger partial charge on any atom is -0.256 e. The summed E-state index contributed by atoms with van der Waals surface area (Å²) in [6.07, 6.45) is 3.78. The highest BCUT2D eigenvalue weighted by Gasteiger charge is 2.14. The molecular formula is C33H27N3. The van der Waals surface area contributed by atoms with Crippen LogP contribution >= 0.6 is 0 Å². The van der Waals surface area contributed by atoms with Crippen LogP contribution in [0.5, 0.6) is 0 Å². The first-order valence-electron chi connectivity index (χ1n) is 12.3. The number of fused-ring (bicyclic) bond motifs is 3. The van der Waals surface area contributed by atoms with Crippen LogP contribution in [0.1, 0.15) is 22.4 Å². The zero-order chi connectivity index (χ0) is 24.8. The van der Waals surface area contributed by atoms with E-state index in [1.807, 2.05) is 24.5 Å². The van der Waals surface area contributed by atoms with Gasteiger partial charge in [0, 0.05) is 40.0 Å². The molecule has 36 heavy (non-hydrogen) atoms. The average molecular weight is 466 g/mol. The average Bonchev–Trinajstić information content (AvgIpc) is 2.88. The van der Waals surface area contributed by atoms with Crippen molar-refractivity contribution in [2.24, 2.45) is 0 Å². The van der Waals surface area contributed by atoms with Crippen LogP contribution < -0.4 is 0 Å². The summed E-state index contributed by atoms with van der Waals surface area (Å²) >= 11 is 0. The van der Waals surface area contributed by atoms with Crippen LogP contribution in [-0.4, -0.2) is 15.0 Å². The van der Waals surface area contributed by atoms with Gasteiger partial charge in [0.1, 0.15) is 0 Å². The maximum absolute atomic E-state index is 5.00. The summed E-state index contributed by atoms with van der Waals surface area (Å²) in [5.74, 6) is 0. The molecule has 0 bridgehead atoms. The lowest BCUT2D eigenvalue weighted by Crippen LogP contribution is -1.93. The number of hydrogen-bond donors (Lipinski definition) is 0. The van der Waals surface area contributed by atoms with Gasteiger partial charge >= 0.3 is 0 Å². The third-order valence-corrected chi connectivity index (χ3v) is 6.81. The lowest BCUT2D eigenvalue weighted by atomic mass is 9.91. The van der Waals surface area contributed by atoms with Gasteiger partial charge in [0.05, 0.1) is 16.7 Å². The number of benzene rings is 3. The highest BCUT2D eigenvalue weighted by Crippen LogP contribution is 2.37. The summed E-state index contributed by atoms with van der Waals surface area (Å²) in [5, 5.41) is 2.29. The molecule has 0 unspecified atom stereocenters. The van der Waals surface area contributed by atoms with E-state index in [-0.39, 0.29) is 0 Å². The minimum atomic E-state index is 0.980. The summed E-state index contributed by atoms with van der Waals surface area (Å²) in [4.78, 5) is 14.3. The molecule has 3 heterocycles. The van der Waals surface area contributed by atoms with Gasteiger partial charge in [-0.1, -0.05) is 36.4 Å². The van der Waals surface area contributed by atoms with E-state index in [1.165, 1.54) is 22.3 Å². The molecule has 3 aromatic carbocycles. The van der Waals surface area contributed by atoms with Crippen molar-refractivity contribution in [3.8, 4) is 33.5 Å². The molecule has 6 rings (SSSR count).